The first kappa shape index (κ1) is 18.8. The van der Waals surface area contributed by atoms with Crippen LogP contribution < -0.4 is 10.2 Å². The third-order valence-electron chi connectivity index (χ3n) is 4.77. The molecule has 0 aliphatic carbocycles. The van der Waals surface area contributed by atoms with Gasteiger partial charge in [-0.25, -0.2) is 0 Å². The molecule has 28 heavy (non-hydrogen) atoms. The number of nitrogens with one attached hydrogen (secondary N) is 1. The molecule has 2 aromatic carbocycles. The Hall–Kier alpha value is -2.58. The van der Waals surface area contributed by atoms with Crippen molar-refractivity contribution in [2.24, 2.45) is 7.05 Å². The number of fused-ring (bicyclic) bond motifs is 1. The maximum absolute atomic E-state index is 12.7. The molecule has 1 saturated heterocycles. The van der Waals surface area contributed by atoms with Crippen LogP contribution in [0.4, 0.5) is 11.6 Å². The molecule has 0 bridgehead atoms. The smallest absolute Gasteiger partial charge is 0.237 e. The largest absolute Gasteiger partial charge is 0.378 e. The number of ether oxygens (including phenoxy) is 1. The fraction of sp³-hybridized carbons (Fsp3) is 0.350. The molecule has 1 aromatic heterocycles. The number of nitrogens with zero attached hydrogens (tertiary/aromatic N) is 4. The molecule has 8 heteroatoms. The van der Waals surface area contributed by atoms with Gasteiger partial charge in [0.25, 0.3) is 0 Å². The summed E-state index contributed by atoms with van der Waals surface area (Å²) in [6, 6.07) is 14.0. The van der Waals surface area contributed by atoms with E-state index >= 15 is 0 Å². The second-order valence-corrected chi connectivity index (χ2v) is 8.06. The Morgan fingerprint density at radius 1 is 1.14 bits per heavy atom. The number of benzene rings is 2. The summed E-state index contributed by atoms with van der Waals surface area (Å²) in [7, 11) is 1.93. The Labute approximate surface area is 168 Å². The average Bonchev–Trinajstić information content (AvgIpc) is 3.08. The van der Waals surface area contributed by atoms with Crippen molar-refractivity contribution >= 4 is 40.1 Å². The minimum atomic E-state index is -0.299. The number of anilines is 2. The van der Waals surface area contributed by atoms with Crippen LogP contribution in [-0.2, 0) is 16.6 Å². The lowest BCUT2D eigenvalue weighted by Crippen LogP contribution is -2.37. The van der Waals surface area contributed by atoms with Gasteiger partial charge in [0.05, 0.1) is 18.5 Å². The van der Waals surface area contributed by atoms with E-state index < -0.39 is 0 Å². The number of thioether (sulfide) groups is 1. The van der Waals surface area contributed by atoms with Crippen LogP contribution in [0.1, 0.15) is 6.92 Å². The van der Waals surface area contributed by atoms with Gasteiger partial charge in [-0.2, -0.15) is 0 Å². The van der Waals surface area contributed by atoms with Crippen molar-refractivity contribution in [3.8, 4) is 0 Å². The quantitative estimate of drug-likeness (QED) is 0.668. The molecule has 7 nitrogen and oxygen atoms in total. The summed E-state index contributed by atoms with van der Waals surface area (Å²) in [6.07, 6.45) is 0. The zero-order valence-corrected chi connectivity index (χ0v) is 16.8. The third kappa shape index (κ3) is 3.98. The number of amides is 1. The molecule has 4 rings (SSSR count). The molecule has 0 spiro atoms. The highest BCUT2D eigenvalue weighted by atomic mass is 32.2. The van der Waals surface area contributed by atoms with Crippen molar-refractivity contribution in [1.29, 1.82) is 0 Å². The van der Waals surface area contributed by atoms with Gasteiger partial charge in [0.2, 0.25) is 11.9 Å². The van der Waals surface area contributed by atoms with Gasteiger partial charge < -0.3 is 15.0 Å². The Kier molecular flexibility index (Phi) is 5.50. The summed E-state index contributed by atoms with van der Waals surface area (Å²) < 4.78 is 7.33. The molecule has 1 aliphatic rings. The normalized spacial score (nSPS) is 15.6. The fourth-order valence-corrected chi connectivity index (χ4v) is 3.98. The van der Waals surface area contributed by atoms with E-state index in [2.05, 4.69) is 26.5 Å². The number of aromatic nitrogens is 3. The van der Waals surface area contributed by atoms with Gasteiger partial charge in [0, 0.05) is 25.8 Å². The van der Waals surface area contributed by atoms with Crippen LogP contribution in [0, 0.1) is 0 Å². The topological polar surface area (TPSA) is 72.3 Å². The summed E-state index contributed by atoms with van der Waals surface area (Å²) >= 11 is 1.41. The first-order valence-electron chi connectivity index (χ1n) is 9.30. The number of carbonyl (C=O) groups is 1. The number of hydrogen-bond donors (Lipinski definition) is 1. The van der Waals surface area contributed by atoms with Crippen LogP contribution in [-0.4, -0.2) is 52.2 Å². The number of rotatable bonds is 5. The summed E-state index contributed by atoms with van der Waals surface area (Å²) in [6.45, 7) is 4.87. The number of hydrogen-bond acceptors (Lipinski definition) is 6. The van der Waals surface area contributed by atoms with Crippen molar-refractivity contribution in [3.63, 3.8) is 0 Å². The van der Waals surface area contributed by atoms with Gasteiger partial charge in [0.15, 0.2) is 5.16 Å². The summed E-state index contributed by atoms with van der Waals surface area (Å²) in [5.41, 5.74) is 0.795. The molecule has 1 fully saturated rings. The van der Waals surface area contributed by atoms with Gasteiger partial charge in [0.1, 0.15) is 0 Å². The number of morpholine rings is 1. The molecule has 1 N–H and O–H groups in total. The van der Waals surface area contributed by atoms with E-state index in [1.807, 2.05) is 54.9 Å². The molecule has 146 valence electrons. The van der Waals surface area contributed by atoms with Gasteiger partial charge in [-0.3, -0.25) is 9.36 Å². The standard InChI is InChI=1S/C20H23N5O2S/c1-14(18(26)21-17-8-7-15-5-3-4-6-16(15)13-17)28-20-23-22-19(24(20)2)25-9-11-27-12-10-25/h3-8,13-14H,9-12H2,1-2H3,(H,21,26). The molecule has 2 heterocycles. The van der Waals surface area contributed by atoms with Gasteiger partial charge in [-0.1, -0.05) is 42.1 Å². The van der Waals surface area contributed by atoms with E-state index in [-0.39, 0.29) is 11.2 Å². The minimum absolute atomic E-state index is 0.0591. The fourth-order valence-electron chi connectivity index (χ4n) is 3.17. The summed E-state index contributed by atoms with van der Waals surface area (Å²) in [4.78, 5) is 14.8. The lowest BCUT2D eigenvalue weighted by Gasteiger charge is -2.27. The van der Waals surface area contributed by atoms with Crippen molar-refractivity contribution in [1.82, 2.24) is 14.8 Å². The maximum Gasteiger partial charge on any atom is 0.237 e. The van der Waals surface area contributed by atoms with Crippen molar-refractivity contribution in [2.75, 3.05) is 36.5 Å². The minimum Gasteiger partial charge on any atom is -0.378 e. The SMILES string of the molecule is CC(Sc1nnc(N2CCOCC2)n1C)C(=O)Nc1ccc2ccccc2c1. The van der Waals surface area contributed by atoms with Gasteiger partial charge >= 0.3 is 0 Å². The van der Waals surface area contributed by atoms with Crippen LogP contribution in [0.15, 0.2) is 47.6 Å². The van der Waals surface area contributed by atoms with Gasteiger partial charge in [-0.15, -0.1) is 10.2 Å². The van der Waals surface area contributed by atoms with E-state index in [4.69, 9.17) is 4.74 Å². The summed E-state index contributed by atoms with van der Waals surface area (Å²) in [5.74, 6) is 0.754. The predicted molar refractivity (Wildman–Crippen MR) is 112 cm³/mol. The van der Waals surface area contributed by atoms with E-state index in [0.29, 0.717) is 13.2 Å². The maximum atomic E-state index is 12.7. The molecular weight excluding hydrogens is 374 g/mol. The number of carbonyl (C=O) groups excluding carboxylic acids is 1. The highest BCUT2D eigenvalue weighted by molar-refractivity contribution is 8.00. The van der Waals surface area contributed by atoms with Crippen LogP contribution in [0.25, 0.3) is 10.8 Å². The lowest BCUT2D eigenvalue weighted by molar-refractivity contribution is -0.115. The second kappa shape index (κ2) is 8.20. The zero-order valence-electron chi connectivity index (χ0n) is 16.0. The third-order valence-corrected chi connectivity index (χ3v) is 5.91. The molecule has 3 aromatic rings. The van der Waals surface area contributed by atoms with Crippen LogP contribution >= 0.6 is 11.8 Å². The van der Waals surface area contributed by atoms with Crippen molar-refractivity contribution in [2.45, 2.75) is 17.3 Å². The molecule has 0 saturated carbocycles. The predicted octanol–water partition coefficient (Wildman–Crippen LogP) is 2.92. The first-order chi connectivity index (χ1) is 13.6. The highest BCUT2D eigenvalue weighted by Crippen LogP contribution is 2.26. The van der Waals surface area contributed by atoms with E-state index in [9.17, 15) is 4.79 Å². The van der Waals surface area contributed by atoms with Crippen molar-refractivity contribution < 1.29 is 9.53 Å². The molecule has 1 aliphatic heterocycles. The van der Waals surface area contributed by atoms with E-state index in [1.165, 1.54) is 11.8 Å². The first-order valence-corrected chi connectivity index (χ1v) is 10.2. The molecular formula is C20H23N5O2S. The Morgan fingerprint density at radius 2 is 1.89 bits per heavy atom. The highest BCUT2D eigenvalue weighted by Gasteiger charge is 2.22. The van der Waals surface area contributed by atoms with Crippen LogP contribution in [0.5, 0.6) is 0 Å². The van der Waals surface area contributed by atoms with Gasteiger partial charge in [-0.05, 0) is 29.8 Å². The Bertz CT molecular complexity index is 984. The lowest BCUT2D eigenvalue weighted by atomic mass is 10.1. The molecule has 0 radical (unpaired) electrons. The Balaban J connectivity index is 1.42. The van der Waals surface area contributed by atoms with Crippen molar-refractivity contribution in [3.05, 3.63) is 42.5 Å². The zero-order chi connectivity index (χ0) is 19.5. The van der Waals surface area contributed by atoms with E-state index in [1.54, 1.807) is 0 Å². The summed E-state index contributed by atoms with van der Waals surface area (Å²) in [5, 5.41) is 14.3. The monoisotopic (exact) mass is 397 g/mol. The molecule has 1 amide bonds. The van der Waals surface area contributed by atoms with Crippen LogP contribution in [0.2, 0.25) is 0 Å². The van der Waals surface area contributed by atoms with Crippen LogP contribution in [0.3, 0.4) is 0 Å². The Morgan fingerprint density at radius 3 is 2.68 bits per heavy atom. The molecule has 1 atom stereocenters. The van der Waals surface area contributed by atoms with E-state index in [0.717, 1.165) is 40.7 Å². The second-order valence-electron chi connectivity index (χ2n) is 6.75. The molecule has 1 unspecified atom stereocenters. The average molecular weight is 398 g/mol.